The predicted octanol–water partition coefficient (Wildman–Crippen LogP) is 5.86. The summed E-state index contributed by atoms with van der Waals surface area (Å²) in [6, 6.07) is 24.2. The van der Waals surface area contributed by atoms with Gasteiger partial charge in [0.15, 0.2) is 0 Å². The molecule has 0 saturated carbocycles. The Morgan fingerprint density at radius 3 is 2.19 bits per heavy atom. The lowest BCUT2D eigenvalue weighted by molar-refractivity contribution is -0.140. The minimum atomic E-state index is -0.135. The summed E-state index contributed by atoms with van der Waals surface area (Å²) in [4.78, 5) is 30.2. The Kier molecular flexibility index (Phi) is 10.1. The van der Waals surface area contributed by atoms with Gasteiger partial charge in [0.2, 0.25) is 11.8 Å². The minimum Gasteiger partial charge on any atom is -0.345 e. The summed E-state index contributed by atoms with van der Waals surface area (Å²) in [5.74, 6) is 0.266. The third-order valence-electron chi connectivity index (χ3n) is 6.23. The molecule has 2 amide bonds. The first kappa shape index (κ1) is 27.0. The maximum atomic E-state index is 13.5. The van der Waals surface area contributed by atoms with Crippen molar-refractivity contribution < 1.29 is 9.59 Å². The van der Waals surface area contributed by atoms with E-state index in [1.807, 2.05) is 79.4 Å². The van der Waals surface area contributed by atoms with Crippen molar-refractivity contribution in [3.05, 3.63) is 102 Å². The van der Waals surface area contributed by atoms with Gasteiger partial charge in [-0.25, -0.2) is 0 Å². The normalized spacial score (nSPS) is 11.4. The Labute approximate surface area is 216 Å². The number of benzene rings is 2. The van der Waals surface area contributed by atoms with E-state index in [2.05, 4.69) is 42.8 Å². The molecule has 0 aliphatic rings. The van der Waals surface area contributed by atoms with Gasteiger partial charge in [-0.1, -0.05) is 74.5 Å². The summed E-state index contributed by atoms with van der Waals surface area (Å²) in [7, 11) is 0. The average molecular weight is 486 g/mol. The van der Waals surface area contributed by atoms with Crippen molar-refractivity contribution in [1.82, 2.24) is 14.4 Å². The number of carbonyl (C=O) groups excluding carboxylic acids is 2. The summed E-state index contributed by atoms with van der Waals surface area (Å²) in [6.07, 6.45) is 6.29. The summed E-state index contributed by atoms with van der Waals surface area (Å²) in [6.45, 7) is 10.2. The maximum absolute atomic E-state index is 13.5. The molecule has 0 fully saturated rings. The first-order valence-electron chi connectivity index (χ1n) is 12.8. The van der Waals surface area contributed by atoms with Gasteiger partial charge >= 0.3 is 0 Å². The van der Waals surface area contributed by atoms with Crippen LogP contribution in [0.25, 0.3) is 6.08 Å². The number of hydrogen-bond donors (Lipinski definition) is 0. The van der Waals surface area contributed by atoms with Crippen LogP contribution in [0.2, 0.25) is 0 Å². The molecule has 0 radical (unpaired) electrons. The van der Waals surface area contributed by atoms with Crippen LogP contribution in [0.1, 0.15) is 50.9 Å². The average Bonchev–Trinajstić information content (AvgIpc) is 3.30. The molecule has 3 rings (SSSR count). The van der Waals surface area contributed by atoms with Crippen LogP contribution >= 0.6 is 0 Å². The summed E-state index contributed by atoms with van der Waals surface area (Å²) in [5, 5.41) is 0. The van der Waals surface area contributed by atoms with Gasteiger partial charge in [-0.2, -0.15) is 0 Å². The van der Waals surface area contributed by atoms with E-state index in [0.717, 1.165) is 24.2 Å². The van der Waals surface area contributed by atoms with Gasteiger partial charge in [0.1, 0.15) is 6.54 Å². The molecule has 1 heterocycles. The lowest BCUT2D eigenvalue weighted by Crippen LogP contribution is -2.45. The first-order chi connectivity index (χ1) is 17.3. The van der Waals surface area contributed by atoms with Crippen molar-refractivity contribution in [2.45, 2.75) is 53.2 Å². The van der Waals surface area contributed by atoms with Crippen LogP contribution in [0, 0.1) is 5.92 Å². The van der Waals surface area contributed by atoms with E-state index >= 15 is 0 Å². The highest BCUT2D eigenvalue weighted by Crippen LogP contribution is 2.14. The van der Waals surface area contributed by atoms with E-state index in [1.54, 1.807) is 11.0 Å². The topological polar surface area (TPSA) is 45.6 Å². The second-order valence-electron chi connectivity index (χ2n) is 9.91. The fourth-order valence-corrected chi connectivity index (χ4v) is 4.03. The van der Waals surface area contributed by atoms with E-state index in [4.69, 9.17) is 0 Å². The van der Waals surface area contributed by atoms with Crippen molar-refractivity contribution >= 4 is 17.9 Å². The molecule has 0 aliphatic carbocycles. The third-order valence-corrected chi connectivity index (χ3v) is 6.23. The summed E-state index contributed by atoms with van der Waals surface area (Å²) in [5.41, 5.74) is 3.25. The van der Waals surface area contributed by atoms with Crippen LogP contribution in [0.5, 0.6) is 0 Å². The highest BCUT2D eigenvalue weighted by molar-refractivity contribution is 5.94. The first-order valence-corrected chi connectivity index (χ1v) is 12.8. The van der Waals surface area contributed by atoms with Gasteiger partial charge in [0.25, 0.3) is 0 Å². The van der Waals surface area contributed by atoms with Crippen molar-refractivity contribution in [3.63, 3.8) is 0 Å². The van der Waals surface area contributed by atoms with Crippen molar-refractivity contribution in [2.24, 2.45) is 5.92 Å². The van der Waals surface area contributed by atoms with Crippen LogP contribution in [0.4, 0.5) is 0 Å². The largest absolute Gasteiger partial charge is 0.345 e. The number of nitrogens with zero attached hydrogens (tertiary/aromatic N) is 3. The number of rotatable bonds is 12. The molecule has 3 aromatic rings. The van der Waals surface area contributed by atoms with Crippen LogP contribution in [0.3, 0.4) is 0 Å². The highest BCUT2D eigenvalue weighted by Gasteiger charge is 2.23. The zero-order valence-corrected chi connectivity index (χ0v) is 22.0. The second-order valence-corrected chi connectivity index (χ2v) is 9.91. The van der Waals surface area contributed by atoms with Crippen LogP contribution in [-0.4, -0.2) is 45.3 Å². The molecule has 5 heteroatoms. The van der Waals surface area contributed by atoms with Gasteiger partial charge in [0.05, 0.1) is 6.54 Å². The molecule has 0 unspecified atom stereocenters. The van der Waals surface area contributed by atoms with Crippen LogP contribution in [0.15, 0.2) is 85.1 Å². The molecular weight excluding hydrogens is 446 g/mol. The van der Waals surface area contributed by atoms with Gasteiger partial charge < -0.3 is 14.4 Å². The Bertz CT molecular complexity index is 1120. The minimum absolute atomic E-state index is 0.0134. The molecule has 0 N–H and O–H groups in total. The van der Waals surface area contributed by atoms with E-state index < -0.39 is 0 Å². The quantitative estimate of drug-likeness (QED) is 0.302. The summed E-state index contributed by atoms with van der Waals surface area (Å²) < 4.78 is 2.18. The molecule has 1 aromatic heterocycles. The molecule has 0 atom stereocenters. The van der Waals surface area contributed by atoms with Crippen LogP contribution in [-0.2, 0) is 22.7 Å². The Morgan fingerprint density at radius 1 is 0.889 bits per heavy atom. The lowest BCUT2D eigenvalue weighted by Gasteiger charge is -2.30. The number of carbonyl (C=O) groups is 2. The number of hydrogen-bond acceptors (Lipinski definition) is 2. The Hall–Kier alpha value is -3.60. The smallest absolute Gasteiger partial charge is 0.247 e. The van der Waals surface area contributed by atoms with Gasteiger partial charge in [-0.15, -0.1) is 0 Å². The monoisotopic (exact) mass is 485 g/mol. The number of aromatic nitrogens is 1. The molecule has 0 spiro atoms. The summed E-state index contributed by atoms with van der Waals surface area (Å²) >= 11 is 0. The molecule has 0 aliphatic heterocycles. The fraction of sp³-hybridized carbons (Fsp3) is 0.355. The zero-order valence-electron chi connectivity index (χ0n) is 22.0. The second kappa shape index (κ2) is 13.5. The fourth-order valence-electron chi connectivity index (χ4n) is 4.03. The zero-order chi connectivity index (χ0) is 25.9. The van der Waals surface area contributed by atoms with Gasteiger partial charge in [-0.3, -0.25) is 9.59 Å². The van der Waals surface area contributed by atoms with Crippen molar-refractivity contribution in [2.75, 3.05) is 13.1 Å². The van der Waals surface area contributed by atoms with E-state index in [-0.39, 0.29) is 24.4 Å². The van der Waals surface area contributed by atoms with E-state index in [1.165, 1.54) is 5.56 Å². The predicted molar refractivity (Wildman–Crippen MR) is 147 cm³/mol. The standard InChI is InChI=1S/C31H39N3O2/c1-25(2)19-21-33(30(35)18-17-27-12-7-5-8-13-27)24-31(36)34(26(3)4)23-29-16-11-20-32(29)22-28-14-9-6-10-15-28/h5-18,20,25-26H,19,21-24H2,1-4H3. The molecule has 5 nitrogen and oxygen atoms in total. The molecule has 2 aromatic carbocycles. The van der Waals surface area contributed by atoms with E-state index in [0.29, 0.717) is 19.0 Å². The Balaban J connectivity index is 1.72. The van der Waals surface area contributed by atoms with Gasteiger partial charge in [-0.05, 0) is 55.5 Å². The molecular formula is C31H39N3O2. The van der Waals surface area contributed by atoms with Crippen molar-refractivity contribution in [3.8, 4) is 0 Å². The van der Waals surface area contributed by atoms with Crippen molar-refractivity contribution in [1.29, 1.82) is 0 Å². The Morgan fingerprint density at radius 2 is 1.56 bits per heavy atom. The van der Waals surface area contributed by atoms with Crippen LogP contribution < -0.4 is 0 Å². The molecule has 36 heavy (non-hydrogen) atoms. The molecule has 0 bridgehead atoms. The SMILES string of the molecule is CC(C)CCN(CC(=O)N(Cc1cccn1Cc1ccccc1)C(C)C)C(=O)C=Cc1ccccc1. The molecule has 0 saturated heterocycles. The molecule has 190 valence electrons. The third kappa shape index (κ3) is 8.26. The van der Waals surface area contributed by atoms with Gasteiger partial charge in [0, 0.05) is 37.1 Å². The number of amides is 2. The lowest BCUT2D eigenvalue weighted by atomic mass is 10.1. The highest BCUT2D eigenvalue weighted by atomic mass is 16.2. The van der Waals surface area contributed by atoms with E-state index in [9.17, 15) is 9.59 Å². The maximum Gasteiger partial charge on any atom is 0.247 e.